The predicted molar refractivity (Wildman–Crippen MR) is 89.0 cm³/mol. The van der Waals surface area contributed by atoms with E-state index in [1.54, 1.807) is 0 Å². The highest BCUT2D eigenvalue weighted by Crippen LogP contribution is 2.36. The molecule has 3 unspecified atom stereocenters. The SMILES string of the molecule is CC(C)CC(C)CCC(C)C1=C(C(C)CF)C[C@@H](O)CC1. The lowest BCUT2D eigenvalue weighted by molar-refractivity contribution is 0.150. The summed E-state index contributed by atoms with van der Waals surface area (Å²) >= 11 is 0. The second-order valence-corrected chi connectivity index (χ2v) is 7.72. The summed E-state index contributed by atoms with van der Waals surface area (Å²) in [7, 11) is 0. The van der Waals surface area contributed by atoms with Gasteiger partial charge in [-0.2, -0.15) is 0 Å². The molecule has 1 N–H and O–H groups in total. The third kappa shape index (κ3) is 6.10. The minimum absolute atomic E-state index is 0.0227. The summed E-state index contributed by atoms with van der Waals surface area (Å²) in [5.74, 6) is 2.05. The van der Waals surface area contributed by atoms with Crippen LogP contribution in [0.4, 0.5) is 4.39 Å². The van der Waals surface area contributed by atoms with Crippen molar-refractivity contribution in [2.45, 2.75) is 79.2 Å². The van der Waals surface area contributed by atoms with Gasteiger partial charge in [0.15, 0.2) is 0 Å². The number of halogens is 1. The van der Waals surface area contributed by atoms with Crippen LogP contribution >= 0.6 is 0 Å². The molecule has 0 heterocycles. The zero-order valence-corrected chi connectivity index (χ0v) is 14.7. The van der Waals surface area contributed by atoms with Crippen LogP contribution < -0.4 is 0 Å². The fourth-order valence-corrected chi connectivity index (χ4v) is 3.77. The first-order chi connectivity index (χ1) is 9.85. The number of aliphatic hydroxyl groups excluding tert-OH is 1. The Morgan fingerprint density at radius 2 is 1.71 bits per heavy atom. The Kier molecular flexibility index (Phi) is 7.94. The maximum absolute atomic E-state index is 13.1. The van der Waals surface area contributed by atoms with E-state index >= 15 is 0 Å². The van der Waals surface area contributed by atoms with Gasteiger partial charge in [0.2, 0.25) is 0 Å². The Balaban J connectivity index is 2.66. The van der Waals surface area contributed by atoms with Crippen molar-refractivity contribution in [2.24, 2.45) is 23.7 Å². The van der Waals surface area contributed by atoms with Gasteiger partial charge in [-0.25, -0.2) is 0 Å². The quantitative estimate of drug-likeness (QED) is 0.584. The van der Waals surface area contributed by atoms with Crippen molar-refractivity contribution < 1.29 is 9.50 Å². The molecular formula is C19H35FO. The van der Waals surface area contributed by atoms with Crippen LogP contribution in [0.2, 0.25) is 0 Å². The number of aliphatic hydroxyl groups is 1. The van der Waals surface area contributed by atoms with Gasteiger partial charge in [0, 0.05) is 5.92 Å². The molecule has 2 heteroatoms. The molecule has 0 aromatic rings. The molecule has 0 radical (unpaired) electrons. The highest BCUT2D eigenvalue weighted by Gasteiger charge is 2.26. The summed E-state index contributed by atoms with van der Waals surface area (Å²) in [5.41, 5.74) is 2.66. The first kappa shape index (κ1) is 18.7. The third-order valence-corrected chi connectivity index (χ3v) is 5.00. The predicted octanol–water partition coefficient (Wildman–Crippen LogP) is 5.53. The standard InChI is InChI=1S/C19H35FO/c1-13(2)10-14(3)6-7-15(4)18-9-8-17(21)11-19(18)16(5)12-20/h13-17,21H,6-12H2,1-5H3/t14?,15?,16?,17-/m0/s1. The molecule has 1 nitrogen and oxygen atoms in total. The zero-order valence-electron chi connectivity index (χ0n) is 14.7. The fourth-order valence-electron chi connectivity index (χ4n) is 3.77. The second kappa shape index (κ2) is 8.92. The lowest BCUT2D eigenvalue weighted by atomic mass is 9.77. The van der Waals surface area contributed by atoms with Gasteiger partial charge >= 0.3 is 0 Å². The lowest BCUT2D eigenvalue weighted by Crippen LogP contribution is -2.22. The molecule has 21 heavy (non-hydrogen) atoms. The van der Waals surface area contributed by atoms with E-state index in [1.807, 2.05) is 6.92 Å². The molecule has 1 aliphatic rings. The Bertz CT molecular complexity index is 334. The number of allylic oxidation sites excluding steroid dienone is 1. The zero-order chi connectivity index (χ0) is 16.0. The Hall–Kier alpha value is -0.370. The van der Waals surface area contributed by atoms with Crippen molar-refractivity contribution in [1.29, 1.82) is 0 Å². The van der Waals surface area contributed by atoms with E-state index in [1.165, 1.54) is 30.4 Å². The number of hydrogen-bond donors (Lipinski definition) is 1. The molecule has 0 bridgehead atoms. The number of hydrogen-bond acceptors (Lipinski definition) is 1. The molecule has 0 aromatic heterocycles. The van der Waals surface area contributed by atoms with Crippen LogP contribution in [-0.4, -0.2) is 17.9 Å². The van der Waals surface area contributed by atoms with Gasteiger partial charge in [-0.3, -0.25) is 4.39 Å². The fraction of sp³-hybridized carbons (Fsp3) is 0.895. The van der Waals surface area contributed by atoms with Crippen LogP contribution in [-0.2, 0) is 0 Å². The lowest BCUT2D eigenvalue weighted by Gasteiger charge is -2.31. The summed E-state index contributed by atoms with van der Waals surface area (Å²) < 4.78 is 13.1. The van der Waals surface area contributed by atoms with Crippen molar-refractivity contribution in [1.82, 2.24) is 0 Å². The van der Waals surface area contributed by atoms with Crippen molar-refractivity contribution in [3.63, 3.8) is 0 Å². The smallest absolute Gasteiger partial charge is 0.0957 e. The van der Waals surface area contributed by atoms with Gasteiger partial charge in [-0.05, 0) is 49.9 Å². The first-order valence-electron chi connectivity index (χ1n) is 8.80. The Morgan fingerprint density at radius 1 is 1.05 bits per heavy atom. The summed E-state index contributed by atoms with van der Waals surface area (Å²) in [5, 5.41) is 9.88. The van der Waals surface area contributed by atoms with Gasteiger partial charge in [0.05, 0.1) is 12.8 Å². The minimum Gasteiger partial charge on any atom is -0.393 e. The van der Waals surface area contributed by atoms with Crippen LogP contribution in [0.5, 0.6) is 0 Å². The monoisotopic (exact) mass is 298 g/mol. The van der Waals surface area contributed by atoms with Gasteiger partial charge in [0.25, 0.3) is 0 Å². The molecule has 4 atom stereocenters. The van der Waals surface area contributed by atoms with E-state index in [0.717, 1.165) is 24.7 Å². The summed E-state index contributed by atoms with van der Waals surface area (Å²) in [6.07, 6.45) is 5.98. The average molecular weight is 298 g/mol. The van der Waals surface area contributed by atoms with Gasteiger partial charge in [-0.15, -0.1) is 0 Å². The normalized spacial score (nSPS) is 24.3. The van der Waals surface area contributed by atoms with Gasteiger partial charge in [0.1, 0.15) is 0 Å². The summed E-state index contributed by atoms with van der Waals surface area (Å²) in [6, 6.07) is 0. The maximum Gasteiger partial charge on any atom is 0.0957 e. The van der Waals surface area contributed by atoms with Gasteiger partial charge in [-0.1, -0.05) is 52.2 Å². The average Bonchev–Trinajstić information content (AvgIpc) is 2.43. The van der Waals surface area contributed by atoms with Crippen molar-refractivity contribution >= 4 is 0 Å². The second-order valence-electron chi connectivity index (χ2n) is 7.72. The molecule has 0 aromatic carbocycles. The van der Waals surface area contributed by atoms with E-state index in [0.29, 0.717) is 12.3 Å². The van der Waals surface area contributed by atoms with E-state index < -0.39 is 0 Å². The highest BCUT2D eigenvalue weighted by molar-refractivity contribution is 5.23. The van der Waals surface area contributed by atoms with Crippen LogP contribution in [0.15, 0.2) is 11.1 Å². The van der Waals surface area contributed by atoms with Crippen LogP contribution in [0.25, 0.3) is 0 Å². The van der Waals surface area contributed by atoms with Crippen LogP contribution in [0.1, 0.15) is 73.1 Å². The molecular weight excluding hydrogens is 263 g/mol. The van der Waals surface area contributed by atoms with E-state index in [4.69, 9.17) is 0 Å². The molecule has 124 valence electrons. The highest BCUT2D eigenvalue weighted by atomic mass is 19.1. The molecule has 1 aliphatic carbocycles. The molecule has 0 fully saturated rings. The van der Waals surface area contributed by atoms with E-state index in [2.05, 4.69) is 27.7 Å². The molecule has 0 aliphatic heterocycles. The molecule has 1 rings (SSSR count). The molecule has 0 saturated carbocycles. The Labute approximate surface area is 131 Å². The first-order valence-corrected chi connectivity index (χ1v) is 8.80. The van der Waals surface area contributed by atoms with Crippen molar-refractivity contribution in [3.05, 3.63) is 11.1 Å². The van der Waals surface area contributed by atoms with Crippen molar-refractivity contribution in [2.75, 3.05) is 6.67 Å². The molecule has 0 spiro atoms. The summed E-state index contributed by atoms with van der Waals surface area (Å²) in [4.78, 5) is 0. The number of alkyl halides is 1. The van der Waals surface area contributed by atoms with Crippen molar-refractivity contribution in [3.8, 4) is 0 Å². The van der Waals surface area contributed by atoms with E-state index in [9.17, 15) is 9.50 Å². The van der Waals surface area contributed by atoms with Gasteiger partial charge < -0.3 is 5.11 Å². The topological polar surface area (TPSA) is 20.2 Å². The minimum atomic E-state index is -0.304. The summed E-state index contributed by atoms with van der Waals surface area (Å²) in [6.45, 7) is 10.9. The number of rotatable bonds is 8. The molecule has 0 saturated heterocycles. The molecule has 0 amide bonds. The maximum atomic E-state index is 13.1. The van der Waals surface area contributed by atoms with Crippen LogP contribution in [0.3, 0.4) is 0 Å². The van der Waals surface area contributed by atoms with Crippen LogP contribution in [0, 0.1) is 23.7 Å². The Morgan fingerprint density at radius 3 is 2.29 bits per heavy atom. The third-order valence-electron chi connectivity index (χ3n) is 5.00. The largest absolute Gasteiger partial charge is 0.393 e. The van der Waals surface area contributed by atoms with E-state index in [-0.39, 0.29) is 18.7 Å².